The summed E-state index contributed by atoms with van der Waals surface area (Å²) in [4.78, 5) is 26.5. The van der Waals surface area contributed by atoms with Gasteiger partial charge in [0.15, 0.2) is 0 Å². The van der Waals surface area contributed by atoms with E-state index < -0.39 is 0 Å². The number of carbonyl (C=O) groups excluding carboxylic acids is 2. The van der Waals surface area contributed by atoms with Crippen molar-refractivity contribution in [1.29, 1.82) is 0 Å². The molecule has 1 aromatic carbocycles. The maximum absolute atomic E-state index is 12.6. The first-order valence-corrected chi connectivity index (χ1v) is 8.98. The first-order chi connectivity index (χ1) is 11.8. The van der Waals surface area contributed by atoms with Crippen molar-refractivity contribution >= 4 is 11.8 Å². The Morgan fingerprint density at radius 3 is 2.52 bits per heavy atom. The van der Waals surface area contributed by atoms with Gasteiger partial charge in [0.25, 0.3) is 0 Å². The van der Waals surface area contributed by atoms with Crippen LogP contribution < -0.4 is 10.1 Å². The molecule has 0 aliphatic carbocycles. The van der Waals surface area contributed by atoms with Crippen LogP contribution in [0.25, 0.3) is 0 Å². The van der Waals surface area contributed by atoms with E-state index in [1.165, 1.54) is 0 Å². The molecule has 5 nitrogen and oxygen atoms in total. The predicted octanol–water partition coefficient (Wildman–Crippen LogP) is 2.64. The Labute approximate surface area is 150 Å². The van der Waals surface area contributed by atoms with E-state index in [2.05, 4.69) is 5.32 Å². The Balaban J connectivity index is 1.84. The lowest BCUT2D eigenvalue weighted by Gasteiger charge is -2.33. The van der Waals surface area contributed by atoms with Gasteiger partial charge in [-0.25, -0.2) is 0 Å². The zero-order valence-corrected chi connectivity index (χ0v) is 15.8. The van der Waals surface area contributed by atoms with E-state index in [0.29, 0.717) is 18.9 Å². The summed E-state index contributed by atoms with van der Waals surface area (Å²) in [6.45, 7) is 7.90. The quantitative estimate of drug-likeness (QED) is 0.892. The number of nitrogens with zero attached hydrogens (tertiary/aromatic N) is 1. The van der Waals surface area contributed by atoms with Gasteiger partial charge in [-0.3, -0.25) is 9.59 Å². The highest BCUT2D eigenvalue weighted by molar-refractivity contribution is 5.81. The summed E-state index contributed by atoms with van der Waals surface area (Å²) in [5.41, 5.74) is 0.618. The molecular weight excluding hydrogens is 316 g/mol. The lowest BCUT2D eigenvalue weighted by Crippen LogP contribution is -2.45. The lowest BCUT2D eigenvalue weighted by atomic mass is 9.94. The van der Waals surface area contributed by atoms with Gasteiger partial charge in [0, 0.05) is 25.0 Å². The summed E-state index contributed by atoms with van der Waals surface area (Å²) in [6.07, 6.45) is 2.45. The van der Waals surface area contributed by atoms with Crippen molar-refractivity contribution in [2.45, 2.75) is 40.0 Å². The van der Waals surface area contributed by atoms with Crippen molar-refractivity contribution in [2.24, 2.45) is 11.3 Å². The molecule has 2 amide bonds. The fraction of sp³-hybridized carbons (Fsp3) is 0.600. The molecule has 0 saturated carbocycles. The largest absolute Gasteiger partial charge is 0.497 e. The van der Waals surface area contributed by atoms with E-state index >= 15 is 0 Å². The van der Waals surface area contributed by atoms with Crippen molar-refractivity contribution in [2.75, 3.05) is 26.7 Å². The number of ether oxygens (including phenoxy) is 1. The van der Waals surface area contributed by atoms with Gasteiger partial charge in [0.1, 0.15) is 5.75 Å². The fourth-order valence-corrected chi connectivity index (χ4v) is 2.99. The van der Waals surface area contributed by atoms with Crippen LogP contribution in [-0.4, -0.2) is 43.5 Å². The minimum atomic E-state index is -0.376. The van der Waals surface area contributed by atoms with E-state index in [-0.39, 0.29) is 17.2 Å². The zero-order chi connectivity index (χ0) is 18.4. The zero-order valence-electron chi connectivity index (χ0n) is 15.8. The topological polar surface area (TPSA) is 58.6 Å². The van der Waals surface area contributed by atoms with Crippen LogP contribution in [0.1, 0.15) is 39.2 Å². The van der Waals surface area contributed by atoms with Crippen molar-refractivity contribution in [1.82, 2.24) is 10.2 Å². The molecule has 1 fully saturated rings. The van der Waals surface area contributed by atoms with Crippen molar-refractivity contribution < 1.29 is 14.3 Å². The molecule has 2 rings (SSSR count). The molecule has 1 aliphatic heterocycles. The summed E-state index contributed by atoms with van der Waals surface area (Å²) in [5, 5.41) is 3.02. The molecule has 5 heteroatoms. The molecule has 1 N–H and O–H groups in total. The lowest BCUT2D eigenvalue weighted by molar-refractivity contribution is -0.132. The van der Waals surface area contributed by atoms with Gasteiger partial charge in [-0.2, -0.15) is 0 Å². The highest BCUT2D eigenvalue weighted by Gasteiger charge is 2.26. The molecule has 0 bridgehead atoms. The summed E-state index contributed by atoms with van der Waals surface area (Å²) in [5.74, 6) is 1.34. The van der Waals surface area contributed by atoms with Gasteiger partial charge < -0.3 is 15.0 Å². The van der Waals surface area contributed by atoms with E-state index in [9.17, 15) is 9.59 Å². The van der Waals surface area contributed by atoms with Crippen molar-refractivity contribution in [3.05, 3.63) is 29.8 Å². The highest BCUT2D eigenvalue weighted by Crippen LogP contribution is 2.19. The second kappa shape index (κ2) is 8.37. The van der Waals surface area contributed by atoms with E-state index in [0.717, 1.165) is 37.2 Å². The number of likely N-dealkylation sites (tertiary alicyclic amines) is 1. The number of hydrogen-bond donors (Lipinski definition) is 1. The van der Waals surface area contributed by atoms with E-state index in [1.807, 2.05) is 49.9 Å². The number of methoxy groups -OCH3 is 1. The van der Waals surface area contributed by atoms with Gasteiger partial charge in [-0.1, -0.05) is 32.9 Å². The fourth-order valence-electron chi connectivity index (χ4n) is 2.99. The van der Waals surface area contributed by atoms with E-state index in [1.54, 1.807) is 7.11 Å². The van der Waals surface area contributed by atoms with Crippen molar-refractivity contribution in [3.63, 3.8) is 0 Å². The summed E-state index contributed by atoms with van der Waals surface area (Å²) in [7, 11) is 1.63. The second-order valence-electron chi connectivity index (χ2n) is 7.83. The highest BCUT2D eigenvalue weighted by atomic mass is 16.5. The molecule has 0 radical (unpaired) electrons. The third-order valence-electron chi connectivity index (χ3n) is 4.62. The number of carbonyl (C=O) groups is 2. The maximum Gasteiger partial charge on any atom is 0.226 e. The second-order valence-corrected chi connectivity index (χ2v) is 7.83. The van der Waals surface area contributed by atoms with Gasteiger partial charge in [-0.05, 0) is 36.5 Å². The Kier molecular flexibility index (Phi) is 6.45. The third kappa shape index (κ3) is 5.76. The van der Waals surface area contributed by atoms with E-state index in [4.69, 9.17) is 4.74 Å². The summed E-state index contributed by atoms with van der Waals surface area (Å²) in [6, 6.07) is 7.62. The van der Waals surface area contributed by atoms with Crippen LogP contribution in [0.5, 0.6) is 5.75 Å². The monoisotopic (exact) mass is 346 g/mol. The molecule has 1 heterocycles. The minimum absolute atomic E-state index is 0.0641. The number of piperidine rings is 1. The number of benzene rings is 1. The first kappa shape index (κ1) is 19.3. The molecule has 1 atom stereocenters. The Morgan fingerprint density at radius 1 is 1.24 bits per heavy atom. The SMILES string of the molecule is COc1ccc(CC(=O)N2CCC[C@@H](CNC(=O)C(C)(C)C)C2)cc1. The molecule has 1 aromatic rings. The number of amides is 2. The Bertz CT molecular complexity index is 590. The first-order valence-electron chi connectivity index (χ1n) is 8.98. The standard InChI is InChI=1S/C20H30N2O3/c1-20(2,3)19(24)21-13-16-6-5-11-22(14-16)18(23)12-15-7-9-17(25-4)10-8-15/h7-10,16H,5-6,11-14H2,1-4H3,(H,21,24)/t16-/m0/s1. The third-order valence-corrected chi connectivity index (χ3v) is 4.62. The van der Waals surface area contributed by atoms with Gasteiger partial charge in [0.05, 0.1) is 13.5 Å². The number of rotatable bonds is 5. The van der Waals surface area contributed by atoms with Crippen LogP contribution in [0, 0.1) is 11.3 Å². The van der Waals surface area contributed by atoms with Gasteiger partial charge >= 0.3 is 0 Å². The predicted molar refractivity (Wildman–Crippen MR) is 98.5 cm³/mol. The molecule has 0 unspecified atom stereocenters. The molecule has 0 aromatic heterocycles. The van der Waals surface area contributed by atoms with Crippen LogP contribution in [0.4, 0.5) is 0 Å². The Hall–Kier alpha value is -2.04. The van der Waals surface area contributed by atoms with Gasteiger partial charge in [-0.15, -0.1) is 0 Å². The number of hydrogen-bond acceptors (Lipinski definition) is 3. The molecule has 25 heavy (non-hydrogen) atoms. The summed E-state index contributed by atoms with van der Waals surface area (Å²) < 4.78 is 5.14. The maximum atomic E-state index is 12.6. The molecule has 1 aliphatic rings. The molecular formula is C20H30N2O3. The molecule has 138 valence electrons. The van der Waals surface area contributed by atoms with Gasteiger partial charge in [0.2, 0.25) is 11.8 Å². The average Bonchev–Trinajstić information content (AvgIpc) is 2.59. The number of nitrogens with one attached hydrogen (secondary N) is 1. The Morgan fingerprint density at radius 2 is 1.92 bits per heavy atom. The van der Waals surface area contributed by atoms with Crippen LogP contribution in [0.15, 0.2) is 24.3 Å². The normalized spacial score (nSPS) is 17.9. The van der Waals surface area contributed by atoms with Crippen molar-refractivity contribution in [3.8, 4) is 5.75 Å². The van der Waals surface area contributed by atoms with Crippen LogP contribution >= 0.6 is 0 Å². The minimum Gasteiger partial charge on any atom is -0.497 e. The van der Waals surface area contributed by atoms with Crippen LogP contribution in [0.2, 0.25) is 0 Å². The summed E-state index contributed by atoms with van der Waals surface area (Å²) >= 11 is 0. The molecule has 1 saturated heterocycles. The molecule has 0 spiro atoms. The van der Waals surface area contributed by atoms with Crippen LogP contribution in [0.3, 0.4) is 0 Å². The smallest absolute Gasteiger partial charge is 0.226 e. The average molecular weight is 346 g/mol. The van der Waals surface area contributed by atoms with Crippen LogP contribution in [-0.2, 0) is 16.0 Å².